The van der Waals surface area contributed by atoms with Crippen LogP contribution in [0.1, 0.15) is 22.8 Å². The number of fused-ring (bicyclic) bond motifs is 1. The number of nitrogens with zero attached hydrogens (tertiary/aromatic N) is 3. The van der Waals surface area contributed by atoms with E-state index < -0.39 is 49.5 Å². The number of hydrogen-bond acceptors (Lipinski definition) is 10. The van der Waals surface area contributed by atoms with Gasteiger partial charge in [-0.2, -0.15) is 21.6 Å². The number of thioether (sulfide) groups is 1. The lowest BCUT2D eigenvalue weighted by Gasteiger charge is -2.17. The molecule has 0 aliphatic carbocycles. The van der Waals surface area contributed by atoms with E-state index in [4.69, 9.17) is 9.57 Å². The van der Waals surface area contributed by atoms with Crippen molar-refractivity contribution in [2.24, 2.45) is 0 Å². The van der Waals surface area contributed by atoms with Crippen LogP contribution in [0.5, 0.6) is 5.75 Å². The molecule has 15 heteroatoms. The van der Waals surface area contributed by atoms with Crippen LogP contribution in [-0.4, -0.2) is 47.5 Å². The molecule has 182 valence electrons. The highest BCUT2D eigenvalue weighted by Gasteiger charge is 2.49. The average molecular weight is 519 g/mol. The molecule has 0 spiro atoms. The van der Waals surface area contributed by atoms with E-state index in [0.717, 1.165) is 18.0 Å². The fourth-order valence-electron chi connectivity index (χ4n) is 2.66. The number of pyridine rings is 1. The molecule has 0 bridgehead atoms. The maximum atomic E-state index is 13.2. The van der Waals surface area contributed by atoms with Gasteiger partial charge in [-0.25, -0.2) is 14.8 Å². The Morgan fingerprint density at radius 3 is 2.47 bits per heavy atom. The maximum Gasteiger partial charge on any atom is 0.534 e. The third-order valence-corrected chi connectivity index (χ3v) is 5.67. The predicted molar refractivity (Wildman–Crippen MR) is 114 cm³/mol. The van der Waals surface area contributed by atoms with Crippen molar-refractivity contribution in [3.8, 4) is 5.75 Å². The van der Waals surface area contributed by atoms with Crippen LogP contribution in [0.3, 0.4) is 0 Å². The number of ether oxygens (including phenoxy) is 1. The van der Waals surface area contributed by atoms with Crippen LogP contribution in [0.4, 0.5) is 13.2 Å². The lowest BCUT2D eigenvalue weighted by Crippen LogP contribution is -2.35. The molecule has 2 heterocycles. The second-order valence-corrected chi connectivity index (χ2v) is 8.67. The van der Waals surface area contributed by atoms with Gasteiger partial charge in [0.1, 0.15) is 6.61 Å². The summed E-state index contributed by atoms with van der Waals surface area (Å²) in [6, 6.07) is 8.51. The summed E-state index contributed by atoms with van der Waals surface area (Å²) in [7, 11) is -6.27. The number of esters is 1. The van der Waals surface area contributed by atoms with Gasteiger partial charge < -0.3 is 13.8 Å². The molecule has 3 rings (SSSR count). The fourth-order valence-corrected chi connectivity index (χ4v) is 3.48. The van der Waals surface area contributed by atoms with Crippen molar-refractivity contribution in [3.05, 3.63) is 58.0 Å². The van der Waals surface area contributed by atoms with Crippen LogP contribution in [0, 0.1) is 0 Å². The standard InChI is InChI=1S/C19H16F3N3O7S2/c1-3-30-17(27)13-14(32-34(28,29)19(20,21)22)12-9-23-18(33-2)24-15(12)25(16(13)26)31-10-11-7-5-4-6-8-11/h4-9H,3,10H2,1-2H3. The third kappa shape index (κ3) is 5.09. The number of carbonyl (C=O) groups is 1. The van der Waals surface area contributed by atoms with Gasteiger partial charge in [0.15, 0.2) is 22.1 Å². The van der Waals surface area contributed by atoms with Crippen molar-refractivity contribution >= 4 is 38.9 Å². The summed E-state index contributed by atoms with van der Waals surface area (Å²) in [5.74, 6) is -2.64. The van der Waals surface area contributed by atoms with Crippen molar-refractivity contribution in [3.63, 3.8) is 0 Å². The maximum absolute atomic E-state index is 13.2. The van der Waals surface area contributed by atoms with Crippen molar-refractivity contribution < 1.29 is 40.1 Å². The zero-order valence-corrected chi connectivity index (χ0v) is 19.2. The van der Waals surface area contributed by atoms with E-state index in [1.54, 1.807) is 36.6 Å². The monoisotopic (exact) mass is 519 g/mol. The smallest absolute Gasteiger partial charge is 0.462 e. The van der Waals surface area contributed by atoms with Crippen molar-refractivity contribution in [1.29, 1.82) is 0 Å². The molecule has 0 amide bonds. The van der Waals surface area contributed by atoms with Crippen LogP contribution < -0.4 is 14.6 Å². The molecule has 0 unspecified atom stereocenters. The Kier molecular flexibility index (Phi) is 7.35. The van der Waals surface area contributed by atoms with E-state index in [9.17, 15) is 31.2 Å². The van der Waals surface area contributed by atoms with E-state index >= 15 is 0 Å². The topological polar surface area (TPSA) is 127 Å². The Morgan fingerprint density at radius 2 is 1.88 bits per heavy atom. The van der Waals surface area contributed by atoms with Crippen molar-refractivity contribution in [1.82, 2.24) is 14.7 Å². The van der Waals surface area contributed by atoms with Crippen LogP contribution in [-0.2, 0) is 21.5 Å². The minimum Gasteiger partial charge on any atom is -0.462 e. The van der Waals surface area contributed by atoms with E-state index in [0.29, 0.717) is 10.3 Å². The minimum absolute atomic E-state index is 0.0810. The number of rotatable bonds is 8. The van der Waals surface area contributed by atoms with Crippen LogP contribution in [0.2, 0.25) is 0 Å². The van der Waals surface area contributed by atoms with Gasteiger partial charge in [0, 0.05) is 6.20 Å². The third-order valence-electron chi connectivity index (χ3n) is 4.15. The molecular weight excluding hydrogens is 503 g/mol. The van der Waals surface area contributed by atoms with Gasteiger partial charge in [0.25, 0.3) is 0 Å². The van der Waals surface area contributed by atoms with Crippen molar-refractivity contribution in [2.75, 3.05) is 12.9 Å². The molecule has 0 radical (unpaired) electrons. The minimum atomic E-state index is -6.27. The first-order chi connectivity index (χ1) is 16.0. The number of alkyl halides is 3. The molecule has 0 fully saturated rings. The van der Waals surface area contributed by atoms with E-state index in [1.807, 2.05) is 0 Å². The Labute approximate surface area is 194 Å². The molecular formula is C19H16F3N3O7S2. The van der Waals surface area contributed by atoms with Gasteiger partial charge in [0.2, 0.25) is 0 Å². The lowest BCUT2D eigenvalue weighted by molar-refractivity contribution is -0.0500. The highest BCUT2D eigenvalue weighted by atomic mass is 32.2. The Bertz CT molecular complexity index is 1380. The van der Waals surface area contributed by atoms with Gasteiger partial charge in [0.05, 0.1) is 12.0 Å². The highest BCUT2D eigenvalue weighted by molar-refractivity contribution is 7.98. The SMILES string of the molecule is CCOC(=O)c1c(OS(=O)(=O)C(F)(F)F)c2cnc(SC)nc2n(OCc2ccccc2)c1=O. The molecule has 0 N–H and O–H groups in total. The molecule has 2 aromatic heterocycles. The van der Waals surface area contributed by atoms with Gasteiger partial charge in [-0.1, -0.05) is 42.1 Å². The summed E-state index contributed by atoms with van der Waals surface area (Å²) in [6.45, 7) is 0.913. The Hall–Kier alpha value is -3.33. The molecule has 0 aliphatic rings. The molecule has 0 saturated heterocycles. The normalized spacial score (nSPS) is 11.9. The fraction of sp³-hybridized carbons (Fsp3) is 0.263. The molecule has 0 atom stereocenters. The van der Waals surface area contributed by atoms with E-state index in [1.165, 1.54) is 6.92 Å². The van der Waals surface area contributed by atoms with Gasteiger partial charge in [-0.05, 0) is 18.7 Å². The largest absolute Gasteiger partial charge is 0.534 e. The second-order valence-electron chi connectivity index (χ2n) is 6.36. The number of carbonyl (C=O) groups excluding carboxylic acids is 1. The van der Waals surface area contributed by atoms with Gasteiger partial charge in [-0.15, -0.1) is 4.73 Å². The van der Waals surface area contributed by atoms with Gasteiger partial charge in [-0.3, -0.25) is 4.79 Å². The van der Waals surface area contributed by atoms with Crippen molar-refractivity contribution in [2.45, 2.75) is 24.2 Å². The Morgan fingerprint density at radius 1 is 1.21 bits per heavy atom. The molecule has 34 heavy (non-hydrogen) atoms. The zero-order valence-electron chi connectivity index (χ0n) is 17.5. The van der Waals surface area contributed by atoms with E-state index in [-0.39, 0.29) is 18.4 Å². The quantitative estimate of drug-likeness (QED) is 0.144. The molecule has 3 aromatic rings. The summed E-state index contributed by atoms with van der Waals surface area (Å²) in [6.07, 6.45) is 2.51. The molecule has 10 nitrogen and oxygen atoms in total. The molecule has 0 saturated carbocycles. The first-order valence-corrected chi connectivity index (χ1v) is 12.0. The first kappa shape index (κ1) is 25.3. The van der Waals surface area contributed by atoms with Crippen LogP contribution in [0.15, 0.2) is 46.5 Å². The van der Waals surface area contributed by atoms with E-state index in [2.05, 4.69) is 14.2 Å². The first-order valence-electron chi connectivity index (χ1n) is 9.35. The average Bonchev–Trinajstić information content (AvgIpc) is 2.78. The highest BCUT2D eigenvalue weighted by Crippen LogP contribution is 2.33. The lowest BCUT2D eigenvalue weighted by atomic mass is 10.2. The summed E-state index contributed by atoms with van der Waals surface area (Å²) < 4.78 is 72.1. The predicted octanol–water partition coefficient (Wildman–Crippen LogP) is 2.55. The Balaban J connectivity index is 2.32. The number of hydrogen-bond donors (Lipinski definition) is 0. The van der Waals surface area contributed by atoms with Gasteiger partial charge >= 0.3 is 27.2 Å². The number of aromatic nitrogens is 3. The molecule has 0 aliphatic heterocycles. The summed E-state index contributed by atoms with van der Waals surface area (Å²) in [5, 5.41) is -0.418. The second kappa shape index (κ2) is 9.89. The number of benzene rings is 1. The summed E-state index contributed by atoms with van der Waals surface area (Å²) in [4.78, 5) is 39.2. The van der Waals surface area contributed by atoms with Crippen LogP contribution >= 0.6 is 11.8 Å². The summed E-state index contributed by atoms with van der Waals surface area (Å²) >= 11 is 1.03. The zero-order chi connectivity index (χ0) is 25.1. The number of halogens is 3. The summed E-state index contributed by atoms with van der Waals surface area (Å²) in [5.41, 5.74) is -8.11. The molecule has 1 aromatic carbocycles. The van der Waals surface area contributed by atoms with Crippen LogP contribution in [0.25, 0.3) is 11.0 Å².